The van der Waals surface area contributed by atoms with E-state index in [1.807, 2.05) is 67.7 Å². The van der Waals surface area contributed by atoms with Crippen LogP contribution >= 0.6 is 0 Å². The molecule has 8 nitrogen and oxygen atoms in total. The van der Waals surface area contributed by atoms with Gasteiger partial charge < -0.3 is 19.9 Å². The summed E-state index contributed by atoms with van der Waals surface area (Å²) in [6.07, 6.45) is 3.62. The van der Waals surface area contributed by atoms with E-state index in [0.717, 1.165) is 82.3 Å². The molecule has 1 aromatic heterocycles. The number of fused-ring (bicyclic) bond motifs is 2. The molecule has 2 N–H and O–H groups in total. The molecule has 0 radical (unpaired) electrons. The first kappa shape index (κ1) is 24.8. The van der Waals surface area contributed by atoms with E-state index in [4.69, 9.17) is 14.7 Å². The van der Waals surface area contributed by atoms with Crippen LogP contribution in [0.5, 0.6) is 0 Å². The van der Waals surface area contributed by atoms with E-state index in [0.29, 0.717) is 0 Å². The van der Waals surface area contributed by atoms with Crippen LogP contribution in [0.4, 0.5) is 17.1 Å². The van der Waals surface area contributed by atoms with Gasteiger partial charge in [-0.1, -0.05) is 12.1 Å². The Kier molecular flexibility index (Phi) is 6.77. The summed E-state index contributed by atoms with van der Waals surface area (Å²) in [6, 6.07) is 24.4. The molecular formula is C31H30N6O2. The van der Waals surface area contributed by atoms with Gasteiger partial charge in [0.25, 0.3) is 0 Å². The number of amides is 1. The summed E-state index contributed by atoms with van der Waals surface area (Å²) < 4.78 is 7.78. The number of aromatic nitrogens is 3. The van der Waals surface area contributed by atoms with Crippen molar-refractivity contribution in [1.29, 1.82) is 0 Å². The second-order valence-corrected chi connectivity index (χ2v) is 9.81. The number of carbonyl (C=O) groups is 1. The van der Waals surface area contributed by atoms with Crippen LogP contribution in [0.1, 0.15) is 25.5 Å². The van der Waals surface area contributed by atoms with Crippen LogP contribution in [0.25, 0.3) is 28.1 Å². The molecule has 0 spiro atoms. The van der Waals surface area contributed by atoms with E-state index in [9.17, 15) is 4.79 Å². The van der Waals surface area contributed by atoms with Crippen molar-refractivity contribution >= 4 is 34.0 Å². The summed E-state index contributed by atoms with van der Waals surface area (Å²) >= 11 is 0. The fraction of sp³-hybridized carbons (Fsp3) is 0.226. The number of nitrogens with zero attached hydrogens (tertiary/aromatic N) is 4. The lowest BCUT2D eigenvalue weighted by atomic mass is 10.1. The fourth-order valence-corrected chi connectivity index (χ4v) is 4.93. The van der Waals surface area contributed by atoms with Crippen LogP contribution in [-0.4, -0.2) is 39.7 Å². The minimum Gasteiger partial charge on any atom is -0.381 e. The average Bonchev–Trinajstić information content (AvgIpc) is 2.94. The zero-order valence-electron chi connectivity index (χ0n) is 22.0. The van der Waals surface area contributed by atoms with Crippen molar-refractivity contribution in [2.75, 3.05) is 23.8 Å². The molecule has 1 saturated heterocycles. The number of hydrogen-bond acceptors (Lipinski definition) is 6. The third-order valence-corrected chi connectivity index (χ3v) is 6.85. The molecule has 2 aromatic carbocycles. The molecule has 1 fully saturated rings. The van der Waals surface area contributed by atoms with Crippen molar-refractivity contribution in [3.8, 4) is 17.1 Å². The third kappa shape index (κ3) is 5.37. The van der Waals surface area contributed by atoms with Crippen LogP contribution in [0, 0.1) is 6.92 Å². The molecule has 0 saturated carbocycles. The molecule has 8 heteroatoms. The van der Waals surface area contributed by atoms with Crippen LogP contribution < -0.4 is 16.0 Å². The summed E-state index contributed by atoms with van der Waals surface area (Å²) in [4.78, 5) is 26.2. The highest BCUT2D eigenvalue weighted by atomic mass is 16.5. The normalized spacial score (nSPS) is 14.6. The largest absolute Gasteiger partial charge is 0.381 e. The van der Waals surface area contributed by atoms with E-state index in [1.165, 1.54) is 6.92 Å². The van der Waals surface area contributed by atoms with Gasteiger partial charge in [0, 0.05) is 37.2 Å². The monoisotopic (exact) mass is 518 g/mol. The van der Waals surface area contributed by atoms with Crippen molar-refractivity contribution in [2.24, 2.45) is 4.99 Å². The van der Waals surface area contributed by atoms with Crippen molar-refractivity contribution < 1.29 is 9.53 Å². The number of anilines is 3. The maximum absolute atomic E-state index is 11.5. The highest BCUT2D eigenvalue weighted by Gasteiger charge is 2.18. The molecule has 1 amide bonds. The van der Waals surface area contributed by atoms with Crippen molar-refractivity contribution in [3.05, 3.63) is 90.0 Å². The predicted octanol–water partition coefficient (Wildman–Crippen LogP) is 5.62. The molecule has 0 bridgehead atoms. The number of para-hydroxylation sites is 2. The quantitative estimate of drug-likeness (QED) is 0.295. The zero-order chi connectivity index (χ0) is 26.8. The first-order valence-electron chi connectivity index (χ1n) is 13.2. The molecule has 1 aliphatic carbocycles. The van der Waals surface area contributed by atoms with Crippen LogP contribution in [0.3, 0.4) is 0 Å². The standard InChI is InChI=1S/C31H30N6O2/c1-20-7-8-24(19-32-20)35-27-17-29-31(18-28(27)34-23-13-15-39-16-14-23)37(30-6-4-3-5-26(30)36-29)25-11-9-22(10-12-25)33-21(2)38/h3-12,17-19,23,35H,13-16H2,1-2H3,(H,33,38)/b34-28+. The smallest absolute Gasteiger partial charge is 0.221 e. The van der Waals surface area contributed by atoms with Crippen LogP contribution in [-0.2, 0) is 9.53 Å². The summed E-state index contributed by atoms with van der Waals surface area (Å²) in [5.41, 5.74) is 8.11. The number of aryl methyl sites for hydroxylation is 1. The number of pyridine rings is 1. The average molecular weight is 519 g/mol. The molecule has 196 valence electrons. The third-order valence-electron chi connectivity index (χ3n) is 6.85. The zero-order valence-corrected chi connectivity index (χ0v) is 22.0. The van der Waals surface area contributed by atoms with Gasteiger partial charge in [-0.25, -0.2) is 4.98 Å². The molecule has 6 rings (SSSR count). The number of benzene rings is 3. The van der Waals surface area contributed by atoms with Gasteiger partial charge in [0.2, 0.25) is 5.91 Å². The SMILES string of the molecule is CC(=O)Nc1ccc(-n2c3c/c(=N\C4CCOCC4)c(Nc4ccc(C)nc4)cc-3nc3ccccc32)cc1. The minimum absolute atomic E-state index is 0.0987. The van der Waals surface area contributed by atoms with Crippen LogP contribution in [0.15, 0.2) is 84.0 Å². The highest BCUT2D eigenvalue weighted by Crippen LogP contribution is 2.31. The molecule has 3 heterocycles. The summed E-state index contributed by atoms with van der Waals surface area (Å²) in [7, 11) is 0. The van der Waals surface area contributed by atoms with E-state index in [1.54, 1.807) is 0 Å². The first-order valence-corrected chi connectivity index (χ1v) is 13.2. The number of ether oxygens (including phenoxy) is 1. The lowest BCUT2D eigenvalue weighted by Crippen LogP contribution is -2.23. The maximum atomic E-state index is 11.5. The molecule has 39 heavy (non-hydrogen) atoms. The first-order chi connectivity index (χ1) is 19.0. The van der Waals surface area contributed by atoms with E-state index in [2.05, 4.69) is 38.4 Å². The Morgan fingerprint density at radius 3 is 2.51 bits per heavy atom. The second-order valence-electron chi connectivity index (χ2n) is 9.81. The second kappa shape index (κ2) is 10.7. The van der Waals surface area contributed by atoms with Gasteiger partial charge >= 0.3 is 0 Å². The highest BCUT2D eigenvalue weighted by molar-refractivity contribution is 5.89. The summed E-state index contributed by atoms with van der Waals surface area (Å²) in [5, 5.41) is 7.26. The Balaban J connectivity index is 1.57. The Bertz CT molecular complexity index is 1670. The Morgan fingerprint density at radius 1 is 1.00 bits per heavy atom. The molecule has 3 aromatic rings. The Labute approximate surface area is 226 Å². The van der Waals surface area contributed by atoms with Gasteiger partial charge in [-0.15, -0.1) is 0 Å². The van der Waals surface area contributed by atoms with Crippen molar-refractivity contribution in [3.63, 3.8) is 0 Å². The van der Waals surface area contributed by atoms with Gasteiger partial charge in [-0.3, -0.25) is 14.8 Å². The summed E-state index contributed by atoms with van der Waals surface area (Å²) in [5.74, 6) is -0.0987. The predicted molar refractivity (Wildman–Crippen MR) is 154 cm³/mol. The van der Waals surface area contributed by atoms with E-state index in [-0.39, 0.29) is 11.9 Å². The van der Waals surface area contributed by atoms with Gasteiger partial charge in [0.05, 0.1) is 51.4 Å². The lowest BCUT2D eigenvalue weighted by Gasteiger charge is -2.22. The molecule has 0 atom stereocenters. The van der Waals surface area contributed by atoms with Gasteiger partial charge in [0.15, 0.2) is 0 Å². The van der Waals surface area contributed by atoms with Crippen molar-refractivity contribution in [1.82, 2.24) is 14.5 Å². The number of carbonyl (C=O) groups excluding carboxylic acids is 1. The number of rotatable bonds is 5. The van der Waals surface area contributed by atoms with Gasteiger partial charge in [0.1, 0.15) is 0 Å². The van der Waals surface area contributed by atoms with Crippen LogP contribution in [0.2, 0.25) is 0 Å². The number of hydrogen-bond donors (Lipinski definition) is 2. The van der Waals surface area contributed by atoms with Gasteiger partial charge in [-0.2, -0.15) is 0 Å². The lowest BCUT2D eigenvalue weighted by molar-refractivity contribution is -0.114. The van der Waals surface area contributed by atoms with Gasteiger partial charge in [-0.05, 0) is 80.4 Å². The molecular weight excluding hydrogens is 488 g/mol. The van der Waals surface area contributed by atoms with Crippen molar-refractivity contribution in [2.45, 2.75) is 32.7 Å². The Morgan fingerprint density at radius 2 is 1.77 bits per heavy atom. The molecule has 3 aliphatic rings. The molecule has 0 unspecified atom stereocenters. The summed E-state index contributed by atoms with van der Waals surface area (Å²) in [6.45, 7) is 4.93. The fourth-order valence-electron chi connectivity index (χ4n) is 4.93. The maximum Gasteiger partial charge on any atom is 0.221 e. The topological polar surface area (TPSA) is 93.4 Å². The van der Waals surface area contributed by atoms with E-state index < -0.39 is 0 Å². The Hall–Kier alpha value is -4.56. The number of nitrogens with one attached hydrogen (secondary N) is 2. The molecule has 2 aliphatic heterocycles. The van der Waals surface area contributed by atoms with E-state index >= 15 is 0 Å². The minimum atomic E-state index is -0.0987.